The molecule has 14 heavy (non-hydrogen) atoms. The van der Waals surface area contributed by atoms with Gasteiger partial charge in [0.2, 0.25) is 0 Å². The van der Waals surface area contributed by atoms with Crippen LogP contribution in [0, 0.1) is 0 Å². The van der Waals surface area contributed by atoms with Gasteiger partial charge in [-0.25, -0.2) is 21.2 Å². The molecule has 6 nitrogen and oxygen atoms in total. The van der Waals surface area contributed by atoms with Crippen molar-refractivity contribution in [3.8, 4) is 0 Å². The van der Waals surface area contributed by atoms with E-state index in [9.17, 15) is 9.59 Å². The number of rotatable bonds is 3. The molecule has 1 rings (SSSR count). The molecule has 0 spiro atoms. The molecule has 0 bridgehead atoms. The number of primary amides is 1. The van der Waals surface area contributed by atoms with Gasteiger partial charge < -0.3 is 5.73 Å². The largest absolute Gasteiger partial charge is 0.350 e. The summed E-state index contributed by atoms with van der Waals surface area (Å²) in [6.45, 7) is 0. The van der Waals surface area contributed by atoms with Crippen molar-refractivity contribution in [3.63, 3.8) is 0 Å². The number of hydrogen-bond donors (Lipinski definition) is 3. The first-order valence-electron chi connectivity index (χ1n) is 3.80. The van der Waals surface area contributed by atoms with Crippen LogP contribution in [0.25, 0.3) is 0 Å². The van der Waals surface area contributed by atoms with Crippen LogP contribution in [0.2, 0.25) is 0 Å². The molecule has 6 heteroatoms. The first-order valence-corrected chi connectivity index (χ1v) is 3.80. The number of urea groups is 1. The van der Waals surface area contributed by atoms with Gasteiger partial charge in [0.05, 0.1) is 5.69 Å². The highest BCUT2D eigenvalue weighted by molar-refractivity contribution is 5.85. The van der Waals surface area contributed by atoms with Crippen LogP contribution in [0.15, 0.2) is 24.3 Å². The number of benzene rings is 1. The molecule has 0 radical (unpaired) electrons. The van der Waals surface area contributed by atoms with Gasteiger partial charge in [-0.2, -0.15) is 0 Å². The summed E-state index contributed by atoms with van der Waals surface area (Å²) in [7, 11) is 0. The van der Waals surface area contributed by atoms with Crippen LogP contribution < -0.4 is 22.1 Å². The number of hydrazine groups is 2. The lowest BCUT2D eigenvalue weighted by Gasteiger charge is -2.19. The van der Waals surface area contributed by atoms with Gasteiger partial charge in [0.25, 0.3) is 0 Å². The van der Waals surface area contributed by atoms with Crippen LogP contribution in [0.1, 0.15) is 10.4 Å². The Hall–Kier alpha value is -2.08. The van der Waals surface area contributed by atoms with E-state index in [0.717, 1.165) is 5.12 Å². The minimum Gasteiger partial charge on any atom is -0.350 e. The number of nitrogens with two attached hydrogens (primary N) is 2. The maximum Gasteiger partial charge on any atom is 0.332 e. The maximum absolute atomic E-state index is 10.6. The number of carbonyl (C=O) groups excluding carboxylic acids is 2. The van der Waals surface area contributed by atoms with Crippen LogP contribution in [0.3, 0.4) is 0 Å². The van der Waals surface area contributed by atoms with E-state index < -0.39 is 6.03 Å². The predicted octanol–water partition coefficient (Wildman–Crippen LogP) is -0.237. The van der Waals surface area contributed by atoms with Gasteiger partial charge in [-0.15, -0.1) is 0 Å². The number of nitrogens with zero attached hydrogens (tertiary/aromatic N) is 1. The number of para-hydroxylation sites is 1. The van der Waals surface area contributed by atoms with Crippen molar-refractivity contribution < 1.29 is 9.59 Å². The molecule has 2 amide bonds. The molecule has 0 aliphatic rings. The average molecular weight is 194 g/mol. The molecule has 5 N–H and O–H groups in total. The molecular weight excluding hydrogens is 184 g/mol. The summed E-state index contributed by atoms with van der Waals surface area (Å²) in [6.07, 6.45) is 0.637. The van der Waals surface area contributed by atoms with Crippen LogP contribution in [-0.2, 0) is 0 Å². The lowest BCUT2D eigenvalue weighted by molar-refractivity contribution is 0.112. The smallest absolute Gasteiger partial charge is 0.332 e. The third-order valence-corrected chi connectivity index (χ3v) is 1.55. The predicted molar refractivity (Wildman–Crippen MR) is 51.2 cm³/mol. The standard InChI is InChI=1S/C8H10N4O2/c9-8(14)11-12(10)7-4-2-1-3-6(7)5-13/h1-5H,10H2,(H3,9,11,14). The molecule has 0 aliphatic heterocycles. The van der Waals surface area contributed by atoms with E-state index in [2.05, 4.69) is 5.43 Å². The number of nitrogens with one attached hydrogen (secondary N) is 1. The van der Waals surface area contributed by atoms with E-state index in [0.29, 0.717) is 17.5 Å². The van der Waals surface area contributed by atoms with E-state index >= 15 is 0 Å². The molecule has 0 saturated heterocycles. The van der Waals surface area contributed by atoms with Crippen molar-refractivity contribution in [2.45, 2.75) is 0 Å². The van der Waals surface area contributed by atoms with Crippen LogP contribution in [0.5, 0.6) is 0 Å². The molecule has 0 unspecified atom stereocenters. The van der Waals surface area contributed by atoms with Gasteiger partial charge in [-0.05, 0) is 12.1 Å². The molecule has 1 aromatic carbocycles. The van der Waals surface area contributed by atoms with Gasteiger partial charge in [0, 0.05) is 5.56 Å². The fourth-order valence-corrected chi connectivity index (χ4v) is 0.986. The fourth-order valence-electron chi connectivity index (χ4n) is 0.986. The first-order chi connectivity index (χ1) is 6.65. The Balaban J connectivity index is 2.93. The maximum atomic E-state index is 10.6. The molecule has 0 fully saturated rings. The number of anilines is 1. The summed E-state index contributed by atoms with van der Waals surface area (Å²) in [4.78, 5) is 21.1. The molecule has 1 aromatic rings. The number of hydrogen-bond acceptors (Lipinski definition) is 4. The second kappa shape index (κ2) is 4.24. The van der Waals surface area contributed by atoms with E-state index in [4.69, 9.17) is 11.6 Å². The zero-order chi connectivity index (χ0) is 10.6. The average Bonchev–Trinajstić information content (AvgIpc) is 2.16. The third kappa shape index (κ3) is 2.20. The summed E-state index contributed by atoms with van der Waals surface area (Å²) in [5, 5.41) is 0.895. The minimum atomic E-state index is -0.798. The summed E-state index contributed by atoms with van der Waals surface area (Å²) < 4.78 is 0. The van der Waals surface area contributed by atoms with Gasteiger partial charge in [0.1, 0.15) is 0 Å². The van der Waals surface area contributed by atoms with Gasteiger partial charge in [-0.3, -0.25) is 4.79 Å². The lowest BCUT2D eigenvalue weighted by atomic mass is 10.2. The molecular formula is C8H10N4O2. The van der Waals surface area contributed by atoms with Gasteiger partial charge in [-0.1, -0.05) is 12.1 Å². The molecule has 74 valence electrons. The molecule has 0 saturated carbocycles. The summed E-state index contributed by atoms with van der Waals surface area (Å²) in [5.74, 6) is 5.43. The lowest BCUT2D eigenvalue weighted by Crippen LogP contribution is -2.50. The highest BCUT2D eigenvalue weighted by Crippen LogP contribution is 2.13. The quantitative estimate of drug-likeness (QED) is 0.351. The monoisotopic (exact) mass is 194 g/mol. The Bertz CT molecular complexity index is 353. The SMILES string of the molecule is NC(=O)NN(N)c1ccccc1C=O. The normalized spacial score (nSPS) is 9.21. The summed E-state index contributed by atoms with van der Waals surface area (Å²) in [5.41, 5.74) is 7.73. The Morgan fingerprint density at radius 3 is 2.64 bits per heavy atom. The third-order valence-electron chi connectivity index (χ3n) is 1.55. The van der Waals surface area contributed by atoms with E-state index in [1.54, 1.807) is 24.3 Å². The van der Waals surface area contributed by atoms with Crippen molar-refractivity contribution in [2.75, 3.05) is 5.12 Å². The highest BCUT2D eigenvalue weighted by atomic mass is 16.2. The van der Waals surface area contributed by atoms with Crippen molar-refractivity contribution in [3.05, 3.63) is 29.8 Å². The Morgan fingerprint density at radius 1 is 1.43 bits per heavy atom. The molecule has 0 aromatic heterocycles. The number of aldehydes is 1. The summed E-state index contributed by atoms with van der Waals surface area (Å²) in [6, 6.07) is 5.73. The van der Waals surface area contributed by atoms with Crippen molar-refractivity contribution in [2.24, 2.45) is 11.6 Å². The topological polar surface area (TPSA) is 101 Å². The molecule has 0 aliphatic carbocycles. The first kappa shape index (κ1) is 10.0. The van der Waals surface area contributed by atoms with Crippen molar-refractivity contribution in [1.82, 2.24) is 5.43 Å². The minimum absolute atomic E-state index is 0.365. The van der Waals surface area contributed by atoms with E-state index in [-0.39, 0.29) is 0 Å². The highest BCUT2D eigenvalue weighted by Gasteiger charge is 2.07. The zero-order valence-electron chi connectivity index (χ0n) is 7.31. The second-order valence-electron chi connectivity index (χ2n) is 2.52. The zero-order valence-corrected chi connectivity index (χ0v) is 7.31. The molecule has 0 atom stereocenters. The van der Waals surface area contributed by atoms with Crippen LogP contribution in [0.4, 0.5) is 10.5 Å². The Labute approximate surface area is 80.4 Å². The number of amides is 2. The Kier molecular flexibility index (Phi) is 3.03. The van der Waals surface area contributed by atoms with Gasteiger partial charge in [0.15, 0.2) is 6.29 Å². The second-order valence-corrected chi connectivity index (χ2v) is 2.52. The van der Waals surface area contributed by atoms with Crippen LogP contribution in [-0.4, -0.2) is 12.3 Å². The summed E-state index contributed by atoms with van der Waals surface area (Å²) >= 11 is 0. The molecule has 0 heterocycles. The van der Waals surface area contributed by atoms with Crippen LogP contribution >= 0.6 is 0 Å². The Morgan fingerprint density at radius 2 is 2.07 bits per heavy atom. The van der Waals surface area contributed by atoms with Gasteiger partial charge >= 0.3 is 6.03 Å². The van der Waals surface area contributed by atoms with E-state index in [1.165, 1.54) is 0 Å². The van der Waals surface area contributed by atoms with Crippen molar-refractivity contribution >= 4 is 18.0 Å². The van der Waals surface area contributed by atoms with Crippen molar-refractivity contribution in [1.29, 1.82) is 0 Å². The van der Waals surface area contributed by atoms with E-state index in [1.807, 2.05) is 0 Å². The number of carbonyl (C=O) groups is 2. The fraction of sp³-hybridized carbons (Fsp3) is 0.